The summed E-state index contributed by atoms with van der Waals surface area (Å²) < 4.78 is 0. The molecule has 0 radical (unpaired) electrons. The molecule has 0 fully saturated rings. The van der Waals surface area contributed by atoms with Gasteiger partial charge in [0.25, 0.3) is 0 Å². The number of rotatable bonds is 7. The number of nitrogens with one attached hydrogen (secondary N) is 1. The Morgan fingerprint density at radius 2 is 2.00 bits per heavy atom. The lowest BCUT2D eigenvalue weighted by atomic mass is 10.0. The van der Waals surface area contributed by atoms with Crippen LogP contribution in [0.3, 0.4) is 0 Å². The van der Waals surface area contributed by atoms with Crippen molar-refractivity contribution in [1.29, 1.82) is 0 Å². The molecule has 1 atom stereocenters. The van der Waals surface area contributed by atoms with E-state index in [1.54, 1.807) is 0 Å². The van der Waals surface area contributed by atoms with Crippen molar-refractivity contribution < 1.29 is 14.7 Å². The Balaban J connectivity index is 1.74. The quantitative estimate of drug-likeness (QED) is 0.760. The molecular formula is C16H21NO3S. The van der Waals surface area contributed by atoms with Crippen LogP contribution in [-0.2, 0) is 16.0 Å². The van der Waals surface area contributed by atoms with Crippen LogP contribution in [-0.4, -0.2) is 29.3 Å². The van der Waals surface area contributed by atoms with Crippen molar-refractivity contribution >= 4 is 23.6 Å². The second kappa shape index (κ2) is 8.08. The molecule has 0 bridgehead atoms. The largest absolute Gasteiger partial charge is 0.481 e. The van der Waals surface area contributed by atoms with Crippen LogP contribution >= 0.6 is 11.8 Å². The third kappa shape index (κ3) is 5.08. The summed E-state index contributed by atoms with van der Waals surface area (Å²) in [5.74, 6) is 0.311. The van der Waals surface area contributed by atoms with Gasteiger partial charge in [-0.3, -0.25) is 9.59 Å². The van der Waals surface area contributed by atoms with E-state index in [4.69, 9.17) is 5.11 Å². The van der Waals surface area contributed by atoms with Crippen LogP contribution in [0.25, 0.3) is 0 Å². The van der Waals surface area contributed by atoms with Gasteiger partial charge in [-0.25, -0.2) is 0 Å². The van der Waals surface area contributed by atoms with E-state index < -0.39 is 5.97 Å². The minimum Gasteiger partial charge on any atom is -0.481 e. The van der Waals surface area contributed by atoms with Gasteiger partial charge in [-0.2, -0.15) is 11.8 Å². The first kappa shape index (κ1) is 15.9. The summed E-state index contributed by atoms with van der Waals surface area (Å²) in [7, 11) is 0. The molecule has 21 heavy (non-hydrogen) atoms. The Morgan fingerprint density at radius 1 is 1.24 bits per heavy atom. The Hall–Kier alpha value is -1.49. The molecule has 2 N–H and O–H groups in total. The number of amides is 1. The molecular weight excluding hydrogens is 286 g/mol. The zero-order chi connectivity index (χ0) is 15.1. The molecule has 1 aromatic carbocycles. The van der Waals surface area contributed by atoms with E-state index >= 15 is 0 Å². The van der Waals surface area contributed by atoms with Crippen LogP contribution < -0.4 is 5.32 Å². The summed E-state index contributed by atoms with van der Waals surface area (Å²) in [5.41, 5.74) is 2.72. The van der Waals surface area contributed by atoms with Gasteiger partial charge in [-0.15, -0.1) is 0 Å². The normalized spacial score (nSPS) is 17.0. The number of aryl methyl sites for hydroxylation is 1. The van der Waals surface area contributed by atoms with Gasteiger partial charge in [0.2, 0.25) is 5.91 Å². The van der Waals surface area contributed by atoms with Gasteiger partial charge < -0.3 is 10.4 Å². The summed E-state index contributed by atoms with van der Waals surface area (Å²) in [6, 6.07) is 8.42. The first-order valence-corrected chi connectivity index (χ1v) is 8.39. The van der Waals surface area contributed by atoms with Crippen molar-refractivity contribution in [2.45, 2.75) is 37.4 Å². The van der Waals surface area contributed by atoms with Crippen LogP contribution in [0.1, 0.15) is 42.1 Å². The molecule has 1 aliphatic rings. The summed E-state index contributed by atoms with van der Waals surface area (Å²) in [6.45, 7) is 0.652. The number of benzene rings is 1. The molecule has 114 valence electrons. The minimum atomic E-state index is -0.800. The van der Waals surface area contributed by atoms with Gasteiger partial charge >= 0.3 is 5.97 Å². The Morgan fingerprint density at radius 3 is 2.81 bits per heavy atom. The number of carboxylic acid groups (broad SMARTS) is 1. The van der Waals surface area contributed by atoms with Crippen molar-refractivity contribution in [3.05, 3.63) is 35.4 Å². The van der Waals surface area contributed by atoms with Gasteiger partial charge in [0.15, 0.2) is 0 Å². The molecule has 1 aliphatic heterocycles. The number of carboxylic acids is 1. The van der Waals surface area contributed by atoms with Crippen molar-refractivity contribution in [3.8, 4) is 0 Å². The number of hydrogen-bond donors (Lipinski definition) is 2. The number of unbranched alkanes of at least 4 members (excludes halogenated alkanes) is 1. The third-order valence-electron chi connectivity index (χ3n) is 3.62. The molecule has 0 aromatic heterocycles. The zero-order valence-electron chi connectivity index (χ0n) is 12.0. The second-order valence-electron chi connectivity index (χ2n) is 5.21. The standard InChI is InChI=1S/C16H21NO3S/c18-15(7-3-4-8-16(19)20)17-11-14-13-6-2-1-5-12(13)9-10-21-14/h1-2,5-6,14H,3-4,7-11H2,(H,17,18)(H,19,20). The van der Waals surface area contributed by atoms with E-state index in [1.807, 2.05) is 17.8 Å². The first-order valence-electron chi connectivity index (χ1n) is 7.34. The van der Waals surface area contributed by atoms with Gasteiger partial charge in [0, 0.05) is 24.6 Å². The average molecular weight is 307 g/mol. The highest BCUT2D eigenvalue weighted by Crippen LogP contribution is 2.35. The molecule has 0 spiro atoms. The van der Waals surface area contributed by atoms with E-state index in [9.17, 15) is 9.59 Å². The fourth-order valence-electron chi connectivity index (χ4n) is 2.50. The maximum absolute atomic E-state index is 11.8. The van der Waals surface area contributed by atoms with Crippen molar-refractivity contribution in [3.63, 3.8) is 0 Å². The number of thioether (sulfide) groups is 1. The molecule has 1 amide bonds. The summed E-state index contributed by atoms with van der Waals surface area (Å²) in [4.78, 5) is 22.2. The topological polar surface area (TPSA) is 66.4 Å². The van der Waals surface area contributed by atoms with Crippen LogP contribution in [0, 0.1) is 0 Å². The number of carbonyl (C=O) groups excluding carboxylic acids is 1. The third-order valence-corrected chi connectivity index (χ3v) is 4.88. The van der Waals surface area contributed by atoms with Gasteiger partial charge in [0.05, 0.1) is 0 Å². The molecule has 1 unspecified atom stereocenters. The van der Waals surface area contributed by atoms with E-state index in [0.29, 0.717) is 31.1 Å². The SMILES string of the molecule is O=C(O)CCCCC(=O)NCC1SCCc2ccccc21. The van der Waals surface area contributed by atoms with Crippen LogP contribution in [0.15, 0.2) is 24.3 Å². The predicted molar refractivity (Wildman–Crippen MR) is 84.5 cm³/mol. The molecule has 1 aromatic rings. The highest BCUT2D eigenvalue weighted by molar-refractivity contribution is 7.99. The molecule has 0 saturated heterocycles. The van der Waals surface area contributed by atoms with E-state index in [-0.39, 0.29) is 12.3 Å². The second-order valence-corrected chi connectivity index (χ2v) is 6.52. The molecule has 0 saturated carbocycles. The summed E-state index contributed by atoms with van der Waals surface area (Å²) >= 11 is 1.89. The van der Waals surface area contributed by atoms with Crippen molar-refractivity contribution in [2.75, 3.05) is 12.3 Å². The van der Waals surface area contributed by atoms with Gasteiger partial charge in [-0.1, -0.05) is 24.3 Å². The lowest BCUT2D eigenvalue weighted by Gasteiger charge is -2.25. The molecule has 4 nitrogen and oxygen atoms in total. The van der Waals surface area contributed by atoms with E-state index in [2.05, 4.69) is 23.5 Å². The van der Waals surface area contributed by atoms with E-state index in [0.717, 1.165) is 12.2 Å². The van der Waals surface area contributed by atoms with Crippen LogP contribution in [0.5, 0.6) is 0 Å². The lowest BCUT2D eigenvalue weighted by molar-refractivity contribution is -0.137. The van der Waals surface area contributed by atoms with Gasteiger partial charge in [-0.05, 0) is 36.1 Å². The monoisotopic (exact) mass is 307 g/mol. The Labute approximate surface area is 129 Å². The predicted octanol–water partition coefficient (Wildman–Crippen LogP) is 2.78. The average Bonchev–Trinajstić information content (AvgIpc) is 2.49. The highest BCUT2D eigenvalue weighted by Gasteiger charge is 2.20. The smallest absolute Gasteiger partial charge is 0.303 e. The highest BCUT2D eigenvalue weighted by atomic mass is 32.2. The fraction of sp³-hybridized carbons (Fsp3) is 0.500. The van der Waals surface area contributed by atoms with Crippen LogP contribution in [0.4, 0.5) is 0 Å². The summed E-state index contributed by atoms with van der Waals surface area (Å²) in [5, 5.41) is 11.8. The number of carbonyl (C=O) groups is 2. The molecule has 2 rings (SSSR count). The maximum Gasteiger partial charge on any atom is 0.303 e. The van der Waals surface area contributed by atoms with Crippen molar-refractivity contribution in [1.82, 2.24) is 5.32 Å². The molecule has 1 heterocycles. The van der Waals surface area contributed by atoms with Crippen molar-refractivity contribution in [2.24, 2.45) is 0 Å². The molecule has 0 aliphatic carbocycles. The Bertz CT molecular complexity index is 504. The minimum absolute atomic E-state index is 0.0176. The van der Waals surface area contributed by atoms with Gasteiger partial charge in [0.1, 0.15) is 0 Å². The van der Waals surface area contributed by atoms with E-state index in [1.165, 1.54) is 11.1 Å². The number of hydrogen-bond acceptors (Lipinski definition) is 3. The zero-order valence-corrected chi connectivity index (χ0v) is 12.8. The maximum atomic E-state index is 11.8. The summed E-state index contributed by atoms with van der Waals surface area (Å²) in [6.07, 6.45) is 2.84. The van der Waals surface area contributed by atoms with Crippen LogP contribution in [0.2, 0.25) is 0 Å². The first-order chi connectivity index (χ1) is 10.2. The Kier molecular flexibility index (Phi) is 6.11. The molecule has 5 heteroatoms. The fourth-order valence-corrected chi connectivity index (χ4v) is 3.74. The lowest BCUT2D eigenvalue weighted by Crippen LogP contribution is -2.28. The number of fused-ring (bicyclic) bond motifs is 1. The number of aliphatic carboxylic acids is 1.